The molecular formula is C21H21N5O4S. The normalized spacial score (nSPS) is 22.6. The van der Waals surface area contributed by atoms with Crippen LogP contribution in [-0.4, -0.2) is 55.4 Å². The number of nitrogens with one attached hydrogen (secondary N) is 2. The van der Waals surface area contributed by atoms with Crippen molar-refractivity contribution in [2.24, 2.45) is 5.92 Å². The molecule has 0 aromatic carbocycles. The second-order valence-electron chi connectivity index (χ2n) is 7.97. The Balaban J connectivity index is 1.33. The highest BCUT2D eigenvalue weighted by molar-refractivity contribution is 7.17. The van der Waals surface area contributed by atoms with Gasteiger partial charge < -0.3 is 20.3 Å². The van der Waals surface area contributed by atoms with Gasteiger partial charge >= 0.3 is 0 Å². The Morgan fingerprint density at radius 2 is 2.19 bits per heavy atom. The molecule has 1 aliphatic carbocycles. The molecule has 0 radical (unpaired) electrons. The summed E-state index contributed by atoms with van der Waals surface area (Å²) in [5.74, 6) is -0.677. The third kappa shape index (κ3) is 3.56. The molecule has 2 aliphatic rings. The fourth-order valence-electron chi connectivity index (χ4n) is 4.54. The van der Waals surface area contributed by atoms with Crippen LogP contribution in [0.2, 0.25) is 0 Å². The van der Waals surface area contributed by atoms with E-state index >= 15 is 0 Å². The van der Waals surface area contributed by atoms with Crippen molar-refractivity contribution in [3.63, 3.8) is 0 Å². The molecule has 2 amide bonds. The average molecular weight is 439 g/mol. The third-order valence-corrected chi connectivity index (χ3v) is 7.11. The van der Waals surface area contributed by atoms with Gasteiger partial charge in [0.15, 0.2) is 0 Å². The molecule has 0 spiro atoms. The van der Waals surface area contributed by atoms with E-state index in [0.717, 1.165) is 35.7 Å². The molecule has 1 saturated carbocycles. The first-order valence-electron chi connectivity index (χ1n) is 10.2. The van der Waals surface area contributed by atoms with E-state index in [0.29, 0.717) is 12.1 Å². The van der Waals surface area contributed by atoms with E-state index in [1.54, 1.807) is 17.3 Å². The third-order valence-electron chi connectivity index (χ3n) is 6.15. The van der Waals surface area contributed by atoms with E-state index < -0.39 is 11.4 Å². The number of fused-ring (bicyclic) bond motifs is 2. The summed E-state index contributed by atoms with van der Waals surface area (Å²) >= 11 is 1.50. The second kappa shape index (κ2) is 7.77. The van der Waals surface area contributed by atoms with E-state index in [-0.39, 0.29) is 41.8 Å². The standard InChI is InChI=1S/C21H21N5O4S/c27-15(7-13-19(28)23-10-24-20(13)29)26-5-2-1-3-12-16(17(12)26)25-21(30)14-9-22-8-11-4-6-31-18(11)14/h4,6,8-10,12,16-17H,1-3,5,7H2,(H,25,30)(H2,23,24,28,29). The first-order valence-corrected chi connectivity index (χ1v) is 11.1. The number of amides is 2. The predicted molar refractivity (Wildman–Crippen MR) is 114 cm³/mol. The molecule has 2 fully saturated rings. The zero-order valence-corrected chi connectivity index (χ0v) is 17.4. The molecule has 1 aliphatic heterocycles. The molecule has 31 heavy (non-hydrogen) atoms. The molecular weight excluding hydrogens is 418 g/mol. The van der Waals surface area contributed by atoms with Crippen LogP contribution in [0.1, 0.15) is 35.2 Å². The fraction of sp³-hybridized carbons (Fsp3) is 0.381. The molecule has 5 rings (SSSR count). The molecule has 3 unspecified atom stereocenters. The van der Waals surface area contributed by atoms with Crippen LogP contribution >= 0.6 is 11.3 Å². The highest BCUT2D eigenvalue weighted by Gasteiger charge is 2.56. The molecule has 160 valence electrons. The molecule has 10 heteroatoms. The highest BCUT2D eigenvalue weighted by Crippen LogP contribution is 2.43. The van der Waals surface area contributed by atoms with Crippen LogP contribution in [0.25, 0.3) is 10.1 Å². The van der Waals surface area contributed by atoms with Gasteiger partial charge in [-0.05, 0) is 24.3 Å². The molecule has 9 nitrogen and oxygen atoms in total. The lowest BCUT2D eigenvalue weighted by molar-refractivity contribution is -0.131. The van der Waals surface area contributed by atoms with Gasteiger partial charge in [0.25, 0.3) is 11.5 Å². The fourth-order valence-corrected chi connectivity index (χ4v) is 5.42. The maximum absolute atomic E-state index is 13.0. The van der Waals surface area contributed by atoms with Crippen LogP contribution in [0.15, 0.2) is 35.0 Å². The van der Waals surface area contributed by atoms with Crippen molar-refractivity contribution in [2.45, 2.75) is 37.8 Å². The van der Waals surface area contributed by atoms with Gasteiger partial charge in [-0.25, -0.2) is 4.98 Å². The number of aromatic hydroxyl groups is 1. The lowest BCUT2D eigenvalue weighted by Gasteiger charge is -2.22. The van der Waals surface area contributed by atoms with Crippen LogP contribution in [0.5, 0.6) is 5.88 Å². The quantitative estimate of drug-likeness (QED) is 0.564. The van der Waals surface area contributed by atoms with Crippen molar-refractivity contribution in [1.82, 2.24) is 25.2 Å². The van der Waals surface area contributed by atoms with Gasteiger partial charge in [0.05, 0.1) is 40.7 Å². The van der Waals surface area contributed by atoms with E-state index in [1.807, 2.05) is 11.4 Å². The lowest BCUT2D eigenvalue weighted by atomic mass is 10.1. The van der Waals surface area contributed by atoms with Crippen LogP contribution in [-0.2, 0) is 11.2 Å². The Kier molecular flexibility index (Phi) is 4.93. The number of hydrogen-bond donors (Lipinski definition) is 3. The van der Waals surface area contributed by atoms with Crippen molar-refractivity contribution in [3.05, 3.63) is 51.6 Å². The molecule has 1 saturated heterocycles. The number of H-pyrrole nitrogens is 1. The zero-order chi connectivity index (χ0) is 21.5. The number of carbonyl (C=O) groups is 2. The Morgan fingerprint density at radius 3 is 3.03 bits per heavy atom. The van der Waals surface area contributed by atoms with E-state index in [1.165, 1.54) is 11.3 Å². The topological polar surface area (TPSA) is 128 Å². The predicted octanol–water partition coefficient (Wildman–Crippen LogP) is 1.44. The van der Waals surface area contributed by atoms with E-state index in [9.17, 15) is 19.5 Å². The first-order chi connectivity index (χ1) is 15.0. The number of thiophene rings is 1. The van der Waals surface area contributed by atoms with Gasteiger partial charge in [-0.15, -0.1) is 11.3 Å². The highest BCUT2D eigenvalue weighted by atomic mass is 32.1. The molecule has 3 aromatic heterocycles. The number of nitrogens with zero attached hydrogens (tertiary/aromatic N) is 3. The summed E-state index contributed by atoms with van der Waals surface area (Å²) in [5.41, 5.74) is -0.0203. The van der Waals surface area contributed by atoms with Crippen molar-refractivity contribution < 1.29 is 14.7 Å². The monoisotopic (exact) mass is 439 g/mol. The Morgan fingerprint density at radius 1 is 1.32 bits per heavy atom. The first kappa shape index (κ1) is 19.7. The van der Waals surface area contributed by atoms with E-state index in [2.05, 4.69) is 20.3 Å². The van der Waals surface area contributed by atoms with Gasteiger partial charge in [-0.3, -0.25) is 19.4 Å². The van der Waals surface area contributed by atoms with Gasteiger partial charge in [-0.2, -0.15) is 0 Å². The summed E-state index contributed by atoms with van der Waals surface area (Å²) in [7, 11) is 0. The SMILES string of the molecule is O=C(NC1C2CCCCN(C(=O)Cc3c(O)nc[nH]c3=O)C21)c1cncc2ccsc12. The zero-order valence-electron chi connectivity index (χ0n) is 16.6. The minimum Gasteiger partial charge on any atom is -0.493 e. The second-order valence-corrected chi connectivity index (χ2v) is 8.89. The lowest BCUT2D eigenvalue weighted by Crippen LogP contribution is -2.40. The number of hydrogen-bond acceptors (Lipinski definition) is 7. The Bertz CT molecular complexity index is 1220. The van der Waals surface area contributed by atoms with Gasteiger partial charge in [0.1, 0.15) is 0 Å². The smallest absolute Gasteiger partial charge is 0.258 e. The Hall–Kier alpha value is -3.27. The number of carbonyl (C=O) groups excluding carboxylic acids is 2. The molecule has 0 bridgehead atoms. The maximum atomic E-state index is 13.0. The van der Waals surface area contributed by atoms with Crippen molar-refractivity contribution in [3.8, 4) is 5.88 Å². The van der Waals surface area contributed by atoms with Gasteiger partial charge in [0.2, 0.25) is 11.8 Å². The minimum absolute atomic E-state index is 0.0371. The molecule has 3 atom stereocenters. The number of rotatable bonds is 4. The molecule has 4 heterocycles. The minimum atomic E-state index is -0.524. The maximum Gasteiger partial charge on any atom is 0.258 e. The van der Waals surface area contributed by atoms with Crippen molar-refractivity contribution in [2.75, 3.05) is 6.54 Å². The van der Waals surface area contributed by atoms with Crippen LogP contribution in [0, 0.1) is 5.92 Å². The number of pyridine rings is 1. The van der Waals surface area contributed by atoms with Crippen LogP contribution < -0.4 is 10.9 Å². The molecule has 3 aromatic rings. The summed E-state index contributed by atoms with van der Waals surface area (Å²) < 4.78 is 0.896. The average Bonchev–Trinajstić information content (AvgIpc) is 3.26. The summed E-state index contributed by atoms with van der Waals surface area (Å²) in [6.07, 6.45) is 6.96. The number of aromatic amines is 1. The Labute approximate surface area is 181 Å². The summed E-state index contributed by atoms with van der Waals surface area (Å²) in [5, 5.41) is 15.8. The summed E-state index contributed by atoms with van der Waals surface area (Å²) in [6, 6.07) is 1.70. The number of likely N-dealkylation sites (tertiary alicyclic amines) is 1. The largest absolute Gasteiger partial charge is 0.493 e. The van der Waals surface area contributed by atoms with Gasteiger partial charge in [0, 0.05) is 30.2 Å². The summed E-state index contributed by atoms with van der Waals surface area (Å²) in [6.45, 7) is 0.563. The van der Waals surface area contributed by atoms with E-state index in [4.69, 9.17) is 0 Å². The number of aromatic nitrogens is 3. The van der Waals surface area contributed by atoms with Crippen molar-refractivity contribution in [1.29, 1.82) is 0 Å². The van der Waals surface area contributed by atoms with Crippen LogP contribution in [0.3, 0.4) is 0 Å². The molecule has 3 N–H and O–H groups in total. The van der Waals surface area contributed by atoms with Crippen molar-refractivity contribution >= 4 is 33.2 Å². The van der Waals surface area contributed by atoms with Gasteiger partial charge in [-0.1, -0.05) is 6.42 Å². The van der Waals surface area contributed by atoms with Crippen LogP contribution in [0.4, 0.5) is 0 Å². The summed E-state index contributed by atoms with van der Waals surface area (Å²) in [4.78, 5) is 49.9.